The Kier molecular flexibility index (Phi) is 4.59. The van der Waals surface area contributed by atoms with Crippen LogP contribution in [0, 0.1) is 0 Å². The van der Waals surface area contributed by atoms with Gasteiger partial charge in [-0.1, -0.05) is 42.5 Å². The number of amides is 2. The molecule has 0 atom stereocenters. The zero-order valence-electron chi connectivity index (χ0n) is 15.3. The van der Waals surface area contributed by atoms with Gasteiger partial charge in [0.2, 0.25) is 5.95 Å². The molecule has 8 heteroatoms. The van der Waals surface area contributed by atoms with E-state index in [1.54, 1.807) is 23.0 Å². The highest BCUT2D eigenvalue weighted by molar-refractivity contribution is 5.92. The second-order valence-electron chi connectivity index (χ2n) is 6.31. The number of nitrogens with two attached hydrogens (primary N) is 1. The van der Waals surface area contributed by atoms with Crippen molar-refractivity contribution >= 4 is 28.7 Å². The number of primary amides is 1. The average molecular weight is 373 g/mol. The highest BCUT2D eigenvalue weighted by Gasteiger charge is 2.13. The number of rotatable bonds is 5. The molecule has 0 bridgehead atoms. The molecule has 0 saturated carbocycles. The van der Waals surface area contributed by atoms with Gasteiger partial charge in [0.1, 0.15) is 5.69 Å². The number of nitrogens with zero attached hydrogens (tertiary/aromatic N) is 4. The number of nitrogens with one attached hydrogen (secondary N) is 2. The number of hydrogen-bond acceptors (Lipinski definition) is 5. The molecule has 0 unspecified atom stereocenters. The third-order valence-corrected chi connectivity index (χ3v) is 4.30. The van der Waals surface area contributed by atoms with Crippen molar-refractivity contribution in [1.29, 1.82) is 0 Å². The van der Waals surface area contributed by atoms with Crippen molar-refractivity contribution in [1.82, 2.24) is 19.7 Å². The highest BCUT2D eigenvalue weighted by Crippen LogP contribution is 2.27. The second kappa shape index (κ2) is 7.36. The Bertz CT molecular complexity index is 1120. The van der Waals surface area contributed by atoms with Crippen molar-refractivity contribution in [2.24, 2.45) is 12.8 Å². The number of anilines is 2. The van der Waals surface area contributed by atoms with Gasteiger partial charge in [-0.2, -0.15) is 10.1 Å². The number of fused-ring (bicyclic) bond motifs is 1. The molecule has 0 aliphatic heterocycles. The summed E-state index contributed by atoms with van der Waals surface area (Å²) in [4.78, 5) is 20.0. The molecule has 28 heavy (non-hydrogen) atoms. The van der Waals surface area contributed by atoms with E-state index < -0.39 is 6.03 Å². The first-order valence-electron chi connectivity index (χ1n) is 8.74. The van der Waals surface area contributed by atoms with Gasteiger partial charge in [-0.25, -0.2) is 14.5 Å². The first-order valence-corrected chi connectivity index (χ1v) is 8.74. The van der Waals surface area contributed by atoms with Crippen LogP contribution in [0.25, 0.3) is 22.3 Å². The summed E-state index contributed by atoms with van der Waals surface area (Å²) < 4.78 is 1.73. The fourth-order valence-electron chi connectivity index (χ4n) is 2.97. The number of aromatic nitrogens is 4. The summed E-state index contributed by atoms with van der Waals surface area (Å²) >= 11 is 0. The molecule has 2 amide bonds. The molecule has 4 N–H and O–H groups in total. The first kappa shape index (κ1) is 17.5. The van der Waals surface area contributed by atoms with Gasteiger partial charge in [-0.05, 0) is 17.7 Å². The van der Waals surface area contributed by atoms with Gasteiger partial charge >= 0.3 is 6.03 Å². The van der Waals surface area contributed by atoms with Crippen molar-refractivity contribution in [3.05, 3.63) is 66.4 Å². The summed E-state index contributed by atoms with van der Waals surface area (Å²) in [6.07, 6.45) is 1.77. The number of aryl methyl sites for hydroxylation is 1. The lowest BCUT2D eigenvalue weighted by Gasteiger charge is -2.05. The maximum atomic E-state index is 11.0. The zero-order chi connectivity index (χ0) is 19.5. The predicted molar refractivity (Wildman–Crippen MR) is 109 cm³/mol. The average Bonchev–Trinajstić information content (AvgIpc) is 3.03. The molecule has 2 aromatic heterocycles. The van der Waals surface area contributed by atoms with E-state index in [9.17, 15) is 4.79 Å². The van der Waals surface area contributed by atoms with Crippen molar-refractivity contribution in [3.63, 3.8) is 0 Å². The van der Waals surface area contributed by atoms with Gasteiger partial charge in [0.25, 0.3) is 0 Å². The number of urea groups is 1. The first-order chi connectivity index (χ1) is 13.6. The Morgan fingerprint density at radius 1 is 1.11 bits per heavy atom. The number of hydrogen-bond donors (Lipinski definition) is 3. The van der Waals surface area contributed by atoms with E-state index >= 15 is 0 Å². The van der Waals surface area contributed by atoms with Crippen LogP contribution < -0.4 is 16.4 Å². The molecule has 0 aliphatic carbocycles. The van der Waals surface area contributed by atoms with Crippen LogP contribution in [-0.2, 0) is 13.6 Å². The Morgan fingerprint density at radius 2 is 1.86 bits per heavy atom. The zero-order valence-corrected chi connectivity index (χ0v) is 15.3. The van der Waals surface area contributed by atoms with Crippen LogP contribution in [0.4, 0.5) is 16.4 Å². The molecule has 0 spiro atoms. The van der Waals surface area contributed by atoms with Crippen LogP contribution in [0.3, 0.4) is 0 Å². The summed E-state index contributed by atoms with van der Waals surface area (Å²) in [5, 5.41) is 11.2. The lowest BCUT2D eigenvalue weighted by Crippen LogP contribution is -2.19. The smallest absolute Gasteiger partial charge is 0.316 e. The summed E-state index contributed by atoms with van der Waals surface area (Å²) in [6.45, 7) is 0.644. The van der Waals surface area contributed by atoms with Gasteiger partial charge in [-0.15, -0.1) is 0 Å². The van der Waals surface area contributed by atoms with Gasteiger partial charge in [0.05, 0.1) is 5.39 Å². The molecular weight excluding hydrogens is 354 g/mol. The molecule has 0 fully saturated rings. The molecule has 0 aliphatic rings. The number of carbonyl (C=O) groups excluding carboxylic acids is 1. The van der Waals surface area contributed by atoms with Gasteiger partial charge in [0, 0.05) is 31.0 Å². The minimum absolute atomic E-state index is 0.548. The number of benzene rings is 2. The molecular formula is C20H19N7O. The van der Waals surface area contributed by atoms with Crippen LogP contribution in [-0.4, -0.2) is 25.8 Å². The lowest BCUT2D eigenvalue weighted by molar-refractivity contribution is 0.259. The molecule has 4 rings (SSSR count). The van der Waals surface area contributed by atoms with E-state index in [0.717, 1.165) is 27.9 Å². The summed E-state index contributed by atoms with van der Waals surface area (Å²) in [5.74, 6) is 0.548. The van der Waals surface area contributed by atoms with Gasteiger partial charge in [-0.3, -0.25) is 0 Å². The van der Waals surface area contributed by atoms with E-state index in [1.807, 2.05) is 49.5 Å². The maximum absolute atomic E-state index is 11.0. The molecule has 4 aromatic rings. The van der Waals surface area contributed by atoms with Crippen LogP contribution in [0.15, 0.2) is 60.8 Å². The van der Waals surface area contributed by atoms with Crippen LogP contribution in [0.5, 0.6) is 0 Å². The summed E-state index contributed by atoms with van der Waals surface area (Å²) in [5.41, 5.74) is 9.33. The molecule has 8 nitrogen and oxygen atoms in total. The van der Waals surface area contributed by atoms with Crippen LogP contribution >= 0.6 is 0 Å². The van der Waals surface area contributed by atoms with E-state index in [-0.39, 0.29) is 0 Å². The molecule has 2 heterocycles. The quantitative estimate of drug-likeness (QED) is 0.498. The van der Waals surface area contributed by atoms with E-state index in [2.05, 4.69) is 25.7 Å². The lowest BCUT2D eigenvalue weighted by atomic mass is 10.1. The van der Waals surface area contributed by atoms with E-state index in [4.69, 9.17) is 5.73 Å². The Balaban J connectivity index is 1.60. The van der Waals surface area contributed by atoms with Crippen molar-refractivity contribution in [2.75, 3.05) is 10.6 Å². The number of carbonyl (C=O) groups is 1. The van der Waals surface area contributed by atoms with Crippen LogP contribution in [0.2, 0.25) is 0 Å². The third-order valence-electron chi connectivity index (χ3n) is 4.30. The molecule has 2 aromatic carbocycles. The van der Waals surface area contributed by atoms with Gasteiger partial charge < -0.3 is 16.4 Å². The van der Waals surface area contributed by atoms with Crippen molar-refractivity contribution < 1.29 is 4.79 Å². The standard InChI is InChI=1S/C20H19N7O/c1-27-18-16(12-23-20(25-18)22-11-13-5-3-2-4-6-13)17(26-27)14-7-9-15(10-8-14)24-19(21)28/h2-10,12H,11H2,1H3,(H3,21,24,28)(H,22,23,25). The molecule has 140 valence electrons. The maximum Gasteiger partial charge on any atom is 0.316 e. The van der Waals surface area contributed by atoms with E-state index in [1.165, 1.54) is 0 Å². The second-order valence-corrected chi connectivity index (χ2v) is 6.31. The van der Waals surface area contributed by atoms with Gasteiger partial charge in [0.15, 0.2) is 5.65 Å². The summed E-state index contributed by atoms with van der Waals surface area (Å²) in [7, 11) is 1.85. The fraction of sp³-hybridized carbons (Fsp3) is 0.100. The normalized spacial score (nSPS) is 10.8. The third kappa shape index (κ3) is 3.61. The monoisotopic (exact) mass is 373 g/mol. The van der Waals surface area contributed by atoms with Crippen molar-refractivity contribution in [3.8, 4) is 11.3 Å². The molecule has 0 saturated heterocycles. The SMILES string of the molecule is Cn1nc(-c2ccc(NC(N)=O)cc2)c2cnc(NCc3ccccc3)nc21. The minimum atomic E-state index is -0.597. The Labute approximate surface area is 161 Å². The highest BCUT2D eigenvalue weighted by atomic mass is 16.2. The van der Waals surface area contributed by atoms with Crippen LogP contribution in [0.1, 0.15) is 5.56 Å². The van der Waals surface area contributed by atoms with E-state index in [0.29, 0.717) is 18.2 Å². The Morgan fingerprint density at radius 3 is 2.57 bits per heavy atom. The minimum Gasteiger partial charge on any atom is -0.351 e. The Hall–Kier alpha value is -3.94. The topological polar surface area (TPSA) is 111 Å². The largest absolute Gasteiger partial charge is 0.351 e. The molecule has 0 radical (unpaired) electrons. The summed E-state index contributed by atoms with van der Waals surface area (Å²) in [6, 6.07) is 16.8. The predicted octanol–water partition coefficient (Wildman–Crippen LogP) is 3.13. The fourth-order valence-corrected chi connectivity index (χ4v) is 2.97. The van der Waals surface area contributed by atoms with Crippen molar-refractivity contribution in [2.45, 2.75) is 6.54 Å².